The summed E-state index contributed by atoms with van der Waals surface area (Å²) in [6.45, 7) is 4.45. The topological polar surface area (TPSA) is 40.5 Å². The Bertz CT molecular complexity index is 389. The molecule has 3 heteroatoms. The number of Topliss-reactive ketones (excluding diaryl/α,β-unsaturated/α-hetero) is 1. The minimum atomic E-state index is 0.144. The van der Waals surface area contributed by atoms with E-state index in [0.29, 0.717) is 18.0 Å². The van der Waals surface area contributed by atoms with Crippen molar-refractivity contribution in [2.24, 2.45) is 5.92 Å². The monoisotopic (exact) mass is 219 g/mol. The zero-order valence-corrected chi connectivity index (χ0v) is 9.52. The molecule has 0 aliphatic carbocycles. The first-order valence-corrected chi connectivity index (χ1v) is 5.68. The number of ketones is 1. The molecule has 1 aliphatic rings. The van der Waals surface area contributed by atoms with E-state index in [2.05, 4.69) is 4.90 Å². The number of phenols is 1. The lowest BCUT2D eigenvalue weighted by Gasteiger charge is -2.29. The summed E-state index contributed by atoms with van der Waals surface area (Å²) in [5.74, 6) is 0.817. The van der Waals surface area contributed by atoms with Crippen LogP contribution in [0.25, 0.3) is 0 Å². The lowest BCUT2D eigenvalue weighted by atomic mass is 9.98. The molecule has 1 aromatic carbocycles. The van der Waals surface area contributed by atoms with Crippen LogP contribution in [0.2, 0.25) is 0 Å². The molecular formula is C13H17NO2. The van der Waals surface area contributed by atoms with Gasteiger partial charge in [-0.05, 0) is 17.7 Å². The Balaban J connectivity index is 1.98. The second-order valence-electron chi connectivity index (χ2n) is 4.52. The van der Waals surface area contributed by atoms with Crippen molar-refractivity contribution in [3.05, 3.63) is 29.8 Å². The number of likely N-dealkylation sites (tertiary alicyclic amines) is 1. The predicted molar refractivity (Wildman–Crippen MR) is 62.2 cm³/mol. The number of rotatable bonds is 2. The van der Waals surface area contributed by atoms with Gasteiger partial charge in [-0.25, -0.2) is 0 Å². The highest BCUT2D eigenvalue weighted by Gasteiger charge is 2.23. The van der Waals surface area contributed by atoms with E-state index in [1.165, 1.54) is 0 Å². The fourth-order valence-corrected chi connectivity index (χ4v) is 2.15. The van der Waals surface area contributed by atoms with Crippen molar-refractivity contribution in [3.63, 3.8) is 0 Å². The van der Waals surface area contributed by atoms with E-state index >= 15 is 0 Å². The van der Waals surface area contributed by atoms with Crippen LogP contribution in [0.15, 0.2) is 24.3 Å². The summed E-state index contributed by atoms with van der Waals surface area (Å²) < 4.78 is 0. The maximum Gasteiger partial charge on any atom is 0.138 e. The molecular weight excluding hydrogens is 202 g/mol. The summed E-state index contributed by atoms with van der Waals surface area (Å²) in [4.78, 5) is 13.6. The van der Waals surface area contributed by atoms with Gasteiger partial charge in [0.15, 0.2) is 0 Å². The highest BCUT2D eigenvalue weighted by molar-refractivity contribution is 5.81. The van der Waals surface area contributed by atoms with Gasteiger partial charge in [0.1, 0.15) is 11.5 Å². The minimum Gasteiger partial charge on any atom is -0.508 e. The van der Waals surface area contributed by atoms with Crippen molar-refractivity contribution in [2.75, 3.05) is 13.1 Å². The summed E-state index contributed by atoms with van der Waals surface area (Å²) in [7, 11) is 0. The van der Waals surface area contributed by atoms with Gasteiger partial charge in [-0.1, -0.05) is 19.1 Å². The predicted octanol–water partition coefficient (Wildman–Crippen LogP) is 1.80. The summed E-state index contributed by atoms with van der Waals surface area (Å²) in [6.07, 6.45) is 0.653. The summed E-state index contributed by atoms with van der Waals surface area (Å²) in [5.41, 5.74) is 1.10. The zero-order valence-electron chi connectivity index (χ0n) is 9.52. The third kappa shape index (κ3) is 2.61. The van der Waals surface area contributed by atoms with Crippen LogP contribution in [0.3, 0.4) is 0 Å². The van der Waals surface area contributed by atoms with Gasteiger partial charge in [0.05, 0.1) is 0 Å². The average molecular weight is 219 g/mol. The molecule has 1 N–H and O–H groups in total. The van der Waals surface area contributed by atoms with Gasteiger partial charge < -0.3 is 5.11 Å². The average Bonchev–Trinajstić information content (AvgIpc) is 2.24. The fourth-order valence-electron chi connectivity index (χ4n) is 2.15. The van der Waals surface area contributed by atoms with Gasteiger partial charge in [-0.2, -0.15) is 0 Å². The van der Waals surface area contributed by atoms with E-state index < -0.39 is 0 Å². The number of carbonyl (C=O) groups is 1. The first-order valence-electron chi connectivity index (χ1n) is 5.68. The smallest absolute Gasteiger partial charge is 0.138 e. The van der Waals surface area contributed by atoms with Crippen LogP contribution in [0.5, 0.6) is 5.75 Å². The number of nitrogens with zero attached hydrogens (tertiary/aromatic N) is 1. The van der Waals surface area contributed by atoms with Crippen LogP contribution in [0.4, 0.5) is 0 Å². The molecule has 1 heterocycles. The zero-order chi connectivity index (χ0) is 11.5. The second kappa shape index (κ2) is 4.66. The van der Waals surface area contributed by atoms with Crippen LogP contribution < -0.4 is 0 Å². The van der Waals surface area contributed by atoms with Crippen LogP contribution in [-0.4, -0.2) is 28.9 Å². The molecule has 0 amide bonds. The number of hydrogen-bond donors (Lipinski definition) is 1. The normalized spacial score (nSPS) is 22.3. The van der Waals surface area contributed by atoms with Crippen molar-refractivity contribution in [1.29, 1.82) is 0 Å². The summed E-state index contributed by atoms with van der Waals surface area (Å²) >= 11 is 0. The van der Waals surface area contributed by atoms with Gasteiger partial charge in [-0.3, -0.25) is 9.69 Å². The highest BCUT2D eigenvalue weighted by atomic mass is 16.3. The van der Waals surface area contributed by atoms with Crippen LogP contribution >= 0.6 is 0 Å². The first kappa shape index (κ1) is 11.1. The van der Waals surface area contributed by atoms with Crippen molar-refractivity contribution in [3.8, 4) is 5.75 Å². The molecule has 1 fully saturated rings. The van der Waals surface area contributed by atoms with Gasteiger partial charge >= 0.3 is 0 Å². The number of piperidine rings is 1. The van der Waals surface area contributed by atoms with Crippen LogP contribution in [0, 0.1) is 5.92 Å². The molecule has 0 spiro atoms. The lowest BCUT2D eigenvalue weighted by molar-refractivity contribution is -0.125. The lowest BCUT2D eigenvalue weighted by Crippen LogP contribution is -2.38. The molecule has 16 heavy (non-hydrogen) atoms. The number of benzene rings is 1. The van der Waals surface area contributed by atoms with E-state index in [1.54, 1.807) is 12.1 Å². The van der Waals surface area contributed by atoms with Gasteiger partial charge in [0, 0.05) is 32.0 Å². The minimum absolute atomic E-state index is 0.144. The number of phenolic OH excluding ortho intramolecular Hbond substituents is 1. The maximum atomic E-state index is 11.4. The Kier molecular flexibility index (Phi) is 3.25. The van der Waals surface area contributed by atoms with Gasteiger partial charge in [0.2, 0.25) is 0 Å². The standard InChI is InChI=1S/C13H17NO2/c1-10-8-14(6-5-13(10)16)9-11-3-2-4-12(15)7-11/h2-4,7,10,15H,5-6,8-9H2,1H3. The summed E-state index contributed by atoms with van der Waals surface area (Å²) in [5, 5.41) is 9.36. The maximum absolute atomic E-state index is 11.4. The molecule has 1 atom stereocenters. The molecule has 0 aromatic heterocycles. The Morgan fingerprint density at radius 1 is 1.50 bits per heavy atom. The van der Waals surface area contributed by atoms with Crippen molar-refractivity contribution in [1.82, 2.24) is 4.90 Å². The molecule has 1 aliphatic heterocycles. The Labute approximate surface area is 95.7 Å². The molecule has 0 radical (unpaired) electrons. The fraction of sp³-hybridized carbons (Fsp3) is 0.462. The number of aromatic hydroxyl groups is 1. The van der Waals surface area contributed by atoms with Crippen molar-refractivity contribution in [2.45, 2.75) is 19.9 Å². The van der Waals surface area contributed by atoms with Crippen molar-refractivity contribution >= 4 is 5.78 Å². The SMILES string of the molecule is CC1CN(Cc2cccc(O)c2)CCC1=O. The number of carbonyl (C=O) groups excluding carboxylic acids is 1. The molecule has 3 nitrogen and oxygen atoms in total. The highest BCUT2D eigenvalue weighted by Crippen LogP contribution is 2.17. The Hall–Kier alpha value is -1.35. The van der Waals surface area contributed by atoms with E-state index in [9.17, 15) is 9.90 Å². The van der Waals surface area contributed by atoms with E-state index in [1.807, 2.05) is 19.1 Å². The molecule has 0 saturated carbocycles. The molecule has 1 aromatic rings. The summed E-state index contributed by atoms with van der Waals surface area (Å²) in [6, 6.07) is 7.30. The third-order valence-corrected chi connectivity index (χ3v) is 3.07. The third-order valence-electron chi connectivity index (χ3n) is 3.07. The van der Waals surface area contributed by atoms with E-state index in [-0.39, 0.29) is 5.92 Å². The molecule has 0 bridgehead atoms. The van der Waals surface area contributed by atoms with E-state index in [4.69, 9.17) is 0 Å². The molecule has 1 unspecified atom stereocenters. The largest absolute Gasteiger partial charge is 0.508 e. The second-order valence-corrected chi connectivity index (χ2v) is 4.52. The van der Waals surface area contributed by atoms with Gasteiger partial charge in [-0.15, -0.1) is 0 Å². The molecule has 2 rings (SSSR count). The first-order chi connectivity index (χ1) is 7.65. The molecule has 86 valence electrons. The quantitative estimate of drug-likeness (QED) is 0.824. The molecule has 1 saturated heterocycles. The Morgan fingerprint density at radius 2 is 2.31 bits per heavy atom. The number of hydrogen-bond acceptors (Lipinski definition) is 3. The Morgan fingerprint density at radius 3 is 3.00 bits per heavy atom. The van der Waals surface area contributed by atoms with Crippen LogP contribution in [-0.2, 0) is 11.3 Å². The van der Waals surface area contributed by atoms with E-state index in [0.717, 1.165) is 25.2 Å². The van der Waals surface area contributed by atoms with Crippen LogP contribution in [0.1, 0.15) is 18.9 Å². The van der Waals surface area contributed by atoms with Gasteiger partial charge in [0.25, 0.3) is 0 Å². The van der Waals surface area contributed by atoms with Crippen molar-refractivity contribution < 1.29 is 9.90 Å².